The number of nitrogens with one attached hydrogen (secondary N) is 1. The predicted octanol–water partition coefficient (Wildman–Crippen LogP) is 1.07. The first-order chi connectivity index (χ1) is 11.0. The number of benzene rings is 1. The number of aliphatic carboxylic acids is 1. The molecule has 0 aliphatic carbocycles. The molecule has 0 aromatic heterocycles. The molecule has 120 valence electrons. The van der Waals surface area contributed by atoms with Gasteiger partial charge in [-0.2, -0.15) is 0 Å². The maximum absolute atomic E-state index is 12.5. The third-order valence-corrected chi connectivity index (χ3v) is 4.04. The number of hydrogen-bond acceptors (Lipinski definition) is 5. The van der Waals surface area contributed by atoms with E-state index in [9.17, 15) is 19.5 Å². The molecule has 2 bridgehead atoms. The van der Waals surface area contributed by atoms with E-state index in [1.54, 1.807) is 30.4 Å². The summed E-state index contributed by atoms with van der Waals surface area (Å²) >= 11 is 0. The van der Waals surface area contributed by atoms with Crippen LogP contribution >= 0.6 is 0 Å². The van der Waals surface area contributed by atoms with E-state index in [1.807, 2.05) is 0 Å². The first-order valence-corrected chi connectivity index (χ1v) is 7.07. The lowest BCUT2D eigenvalue weighted by Crippen LogP contribution is -2.39. The number of methoxy groups -OCH3 is 1. The molecule has 3 rings (SSSR count). The Morgan fingerprint density at radius 2 is 1.87 bits per heavy atom. The van der Waals surface area contributed by atoms with Gasteiger partial charge in [0.05, 0.1) is 30.8 Å². The Morgan fingerprint density at radius 1 is 1.17 bits per heavy atom. The van der Waals surface area contributed by atoms with Crippen molar-refractivity contribution in [2.24, 2.45) is 11.8 Å². The fourth-order valence-corrected chi connectivity index (χ4v) is 2.98. The van der Waals surface area contributed by atoms with Gasteiger partial charge in [0.1, 0.15) is 5.92 Å². The van der Waals surface area contributed by atoms with Crippen LogP contribution in [0.1, 0.15) is 10.4 Å². The topological polar surface area (TPSA) is 102 Å². The molecule has 2 N–H and O–H groups in total. The van der Waals surface area contributed by atoms with Crippen molar-refractivity contribution >= 4 is 23.5 Å². The molecule has 2 aliphatic rings. The third-order valence-electron chi connectivity index (χ3n) is 4.04. The van der Waals surface area contributed by atoms with Crippen molar-refractivity contribution in [2.45, 2.75) is 12.2 Å². The lowest BCUT2D eigenvalue weighted by atomic mass is 9.82. The largest absolute Gasteiger partial charge is 0.481 e. The van der Waals surface area contributed by atoms with E-state index in [0.29, 0.717) is 11.3 Å². The first-order valence-electron chi connectivity index (χ1n) is 7.07. The lowest BCUT2D eigenvalue weighted by molar-refractivity contribution is -0.145. The van der Waals surface area contributed by atoms with Crippen LogP contribution in [0.5, 0.6) is 0 Å². The van der Waals surface area contributed by atoms with Gasteiger partial charge >= 0.3 is 11.9 Å². The standard InChI is InChI=1S/C16H15NO6/c1-22-16(21)8-3-2-4-9(7-8)17-14(18)12-10-5-6-11(23-10)13(12)15(19)20/h2-7,10-13H,1H3,(H,17,18)(H,19,20)/t10-,11-,12+,13-/m1/s1. The van der Waals surface area contributed by atoms with Gasteiger partial charge < -0.3 is 19.9 Å². The van der Waals surface area contributed by atoms with Gasteiger partial charge in [0, 0.05) is 5.69 Å². The first kappa shape index (κ1) is 15.2. The molecule has 1 amide bonds. The molecule has 0 saturated carbocycles. The summed E-state index contributed by atoms with van der Waals surface area (Å²) in [6.45, 7) is 0. The van der Waals surface area contributed by atoms with E-state index in [4.69, 9.17) is 4.74 Å². The van der Waals surface area contributed by atoms with Gasteiger partial charge in [-0.15, -0.1) is 0 Å². The smallest absolute Gasteiger partial charge is 0.337 e. The molecule has 1 saturated heterocycles. The zero-order valence-corrected chi connectivity index (χ0v) is 12.3. The number of carboxylic acid groups (broad SMARTS) is 1. The second-order valence-electron chi connectivity index (χ2n) is 5.40. The van der Waals surface area contributed by atoms with Gasteiger partial charge in [-0.05, 0) is 18.2 Å². The van der Waals surface area contributed by atoms with Crippen LogP contribution in [0.15, 0.2) is 36.4 Å². The summed E-state index contributed by atoms with van der Waals surface area (Å²) in [6, 6.07) is 6.26. The van der Waals surface area contributed by atoms with Crippen molar-refractivity contribution in [1.82, 2.24) is 0 Å². The van der Waals surface area contributed by atoms with Crippen molar-refractivity contribution in [3.05, 3.63) is 42.0 Å². The van der Waals surface area contributed by atoms with Crippen LogP contribution in [0.4, 0.5) is 5.69 Å². The maximum Gasteiger partial charge on any atom is 0.337 e. The quantitative estimate of drug-likeness (QED) is 0.636. The monoisotopic (exact) mass is 317 g/mol. The van der Waals surface area contributed by atoms with E-state index in [0.717, 1.165) is 0 Å². The second-order valence-corrected chi connectivity index (χ2v) is 5.40. The highest BCUT2D eigenvalue weighted by Gasteiger charge is 2.53. The number of carbonyl (C=O) groups excluding carboxylic acids is 2. The fourth-order valence-electron chi connectivity index (χ4n) is 2.98. The number of hydrogen-bond donors (Lipinski definition) is 2. The number of rotatable bonds is 4. The molecule has 0 unspecified atom stereocenters. The molecule has 4 atom stereocenters. The molecule has 23 heavy (non-hydrogen) atoms. The van der Waals surface area contributed by atoms with Crippen LogP contribution in [0.3, 0.4) is 0 Å². The van der Waals surface area contributed by atoms with Crippen LogP contribution in [0.25, 0.3) is 0 Å². The van der Waals surface area contributed by atoms with Gasteiger partial charge in [-0.1, -0.05) is 18.2 Å². The summed E-state index contributed by atoms with van der Waals surface area (Å²) < 4.78 is 10.1. The minimum Gasteiger partial charge on any atom is -0.481 e. The molecular formula is C16H15NO6. The van der Waals surface area contributed by atoms with E-state index in [1.165, 1.54) is 13.2 Å². The van der Waals surface area contributed by atoms with Crippen LogP contribution in [-0.4, -0.2) is 42.3 Å². The Kier molecular flexibility index (Phi) is 3.87. The molecule has 0 radical (unpaired) electrons. The lowest BCUT2D eigenvalue weighted by Gasteiger charge is -2.21. The van der Waals surface area contributed by atoms with Gasteiger partial charge in [0.25, 0.3) is 0 Å². The van der Waals surface area contributed by atoms with E-state index < -0.39 is 41.9 Å². The summed E-state index contributed by atoms with van der Waals surface area (Å²) in [7, 11) is 1.27. The van der Waals surface area contributed by atoms with Gasteiger partial charge in [0.2, 0.25) is 5.91 Å². The van der Waals surface area contributed by atoms with E-state index in [2.05, 4.69) is 10.1 Å². The predicted molar refractivity (Wildman–Crippen MR) is 78.8 cm³/mol. The average molecular weight is 317 g/mol. The molecular weight excluding hydrogens is 302 g/mol. The van der Waals surface area contributed by atoms with Crippen LogP contribution in [-0.2, 0) is 19.1 Å². The highest BCUT2D eigenvalue weighted by molar-refractivity contribution is 5.98. The highest BCUT2D eigenvalue weighted by atomic mass is 16.5. The summed E-state index contributed by atoms with van der Waals surface area (Å²) in [5.41, 5.74) is 0.693. The number of ether oxygens (including phenoxy) is 2. The number of carbonyl (C=O) groups is 3. The molecule has 1 fully saturated rings. The molecule has 2 aliphatic heterocycles. The van der Waals surface area contributed by atoms with E-state index in [-0.39, 0.29) is 0 Å². The van der Waals surface area contributed by atoms with Crippen molar-refractivity contribution in [3.63, 3.8) is 0 Å². The van der Waals surface area contributed by atoms with Crippen molar-refractivity contribution in [1.29, 1.82) is 0 Å². The molecule has 7 nitrogen and oxygen atoms in total. The molecule has 1 aromatic carbocycles. The SMILES string of the molecule is COC(=O)c1cccc(NC(=O)[C@@H]2[C@H](C(=O)O)[C@H]3C=C[C@H]2O3)c1. The fraction of sp³-hybridized carbons (Fsp3) is 0.312. The zero-order valence-electron chi connectivity index (χ0n) is 12.3. The number of fused-ring (bicyclic) bond motifs is 2. The Bertz CT molecular complexity index is 698. The number of carboxylic acids is 1. The van der Waals surface area contributed by atoms with Gasteiger partial charge in [-0.25, -0.2) is 4.79 Å². The maximum atomic E-state index is 12.5. The Balaban J connectivity index is 1.78. The minimum absolute atomic E-state index is 0.296. The summed E-state index contributed by atoms with van der Waals surface area (Å²) in [6.07, 6.45) is 2.27. The van der Waals surface area contributed by atoms with Gasteiger partial charge in [-0.3, -0.25) is 9.59 Å². The third kappa shape index (κ3) is 2.70. The highest BCUT2D eigenvalue weighted by Crippen LogP contribution is 2.39. The normalized spacial score (nSPS) is 27.7. The molecule has 1 aromatic rings. The second kappa shape index (κ2) is 5.85. The Hall–Kier alpha value is -2.67. The van der Waals surface area contributed by atoms with Crippen LogP contribution in [0, 0.1) is 11.8 Å². The van der Waals surface area contributed by atoms with Gasteiger partial charge in [0.15, 0.2) is 0 Å². The number of anilines is 1. The van der Waals surface area contributed by atoms with Crippen molar-refractivity contribution in [2.75, 3.05) is 12.4 Å². The zero-order chi connectivity index (χ0) is 16.6. The summed E-state index contributed by atoms with van der Waals surface area (Å²) in [4.78, 5) is 35.4. The molecule has 7 heteroatoms. The van der Waals surface area contributed by atoms with E-state index >= 15 is 0 Å². The van der Waals surface area contributed by atoms with Crippen LogP contribution in [0.2, 0.25) is 0 Å². The van der Waals surface area contributed by atoms with Crippen molar-refractivity contribution < 1.29 is 29.0 Å². The number of esters is 1. The van der Waals surface area contributed by atoms with Crippen molar-refractivity contribution in [3.8, 4) is 0 Å². The van der Waals surface area contributed by atoms with Crippen LogP contribution < -0.4 is 5.32 Å². The Morgan fingerprint density at radius 3 is 2.52 bits per heavy atom. The Labute approximate surface area is 131 Å². The average Bonchev–Trinajstić information content (AvgIpc) is 3.15. The minimum atomic E-state index is -1.06. The summed E-state index contributed by atoms with van der Waals surface area (Å²) in [5, 5.41) is 12.0. The number of amides is 1. The molecule has 0 spiro atoms. The molecule has 2 heterocycles. The summed E-state index contributed by atoms with van der Waals surface area (Å²) in [5.74, 6) is -3.74.